The quantitative estimate of drug-likeness (QED) is 0.362. The summed E-state index contributed by atoms with van der Waals surface area (Å²) in [6, 6.07) is 15.3. The molecule has 0 saturated carbocycles. The van der Waals surface area contributed by atoms with Crippen LogP contribution in [0.1, 0.15) is 55.6 Å². The molecule has 2 amide bonds. The zero-order valence-electron chi connectivity index (χ0n) is 23.1. The maximum absolute atomic E-state index is 13.9. The van der Waals surface area contributed by atoms with Gasteiger partial charge in [0.2, 0.25) is 0 Å². The summed E-state index contributed by atoms with van der Waals surface area (Å²) in [6.07, 6.45) is 2.76. The Morgan fingerprint density at radius 2 is 1.52 bits per heavy atom. The first-order chi connectivity index (χ1) is 19.1. The molecule has 2 fully saturated rings. The Balaban J connectivity index is 1.36. The summed E-state index contributed by atoms with van der Waals surface area (Å²) in [4.78, 5) is 32.5. The average Bonchev–Trinajstić information content (AvgIpc) is 3.37. The molecule has 0 atom stereocenters. The normalized spacial score (nSPS) is 16.8. The molecule has 0 unspecified atom stereocenters. The van der Waals surface area contributed by atoms with Crippen LogP contribution in [0.3, 0.4) is 0 Å². The van der Waals surface area contributed by atoms with Crippen LogP contribution >= 0.6 is 23.2 Å². The molecule has 0 aliphatic carbocycles. The standard InChI is InChI=1S/C30H35Cl2N5O3/c1-30(2,3)40-29(39)36-14-12-21(13-15-36)27-24(20-33-37(27)26-7-5-4-6-25(26)32)28(38)35-18-16-34(17-19-35)23-10-8-22(31)9-11-23/h4-11,20-21H,12-19H2,1-3H3. The summed E-state index contributed by atoms with van der Waals surface area (Å²) in [5.41, 5.74) is 2.73. The Morgan fingerprint density at radius 1 is 0.875 bits per heavy atom. The topological polar surface area (TPSA) is 70.9 Å². The van der Waals surface area contributed by atoms with Gasteiger partial charge in [-0.25, -0.2) is 9.48 Å². The second-order valence-corrected chi connectivity index (χ2v) is 12.1. The number of para-hydroxylation sites is 1. The fourth-order valence-corrected chi connectivity index (χ4v) is 5.72. The monoisotopic (exact) mass is 583 g/mol. The van der Waals surface area contributed by atoms with Crippen LogP contribution in [0.15, 0.2) is 54.7 Å². The molecular weight excluding hydrogens is 549 g/mol. The molecule has 3 heterocycles. The van der Waals surface area contributed by atoms with Crippen LogP contribution in [0.25, 0.3) is 5.69 Å². The van der Waals surface area contributed by atoms with Gasteiger partial charge in [-0.05, 0) is 70.0 Å². The summed E-state index contributed by atoms with van der Waals surface area (Å²) >= 11 is 12.6. The van der Waals surface area contributed by atoms with E-state index in [9.17, 15) is 9.59 Å². The number of carbonyl (C=O) groups excluding carboxylic acids is 2. The van der Waals surface area contributed by atoms with E-state index in [1.807, 2.05) is 78.9 Å². The van der Waals surface area contributed by atoms with Gasteiger partial charge in [0.05, 0.1) is 28.2 Å². The minimum Gasteiger partial charge on any atom is -0.444 e. The molecule has 2 aliphatic rings. The van der Waals surface area contributed by atoms with Crippen molar-refractivity contribution in [1.82, 2.24) is 19.6 Å². The van der Waals surface area contributed by atoms with E-state index in [0.717, 1.165) is 30.2 Å². The molecule has 0 N–H and O–H groups in total. The fourth-order valence-electron chi connectivity index (χ4n) is 5.38. The average molecular weight is 585 g/mol. The van der Waals surface area contributed by atoms with E-state index in [2.05, 4.69) is 10.00 Å². The maximum atomic E-state index is 13.9. The molecular formula is C30H35Cl2N5O3. The molecule has 2 aliphatic heterocycles. The number of carbonyl (C=O) groups is 2. The number of rotatable bonds is 4. The second kappa shape index (κ2) is 11.7. The van der Waals surface area contributed by atoms with Crippen molar-refractivity contribution < 1.29 is 14.3 Å². The lowest BCUT2D eigenvalue weighted by Crippen LogP contribution is -2.49. The second-order valence-electron chi connectivity index (χ2n) is 11.3. The van der Waals surface area contributed by atoms with E-state index in [4.69, 9.17) is 27.9 Å². The van der Waals surface area contributed by atoms with E-state index < -0.39 is 5.60 Å². The van der Waals surface area contributed by atoms with Gasteiger partial charge in [-0.2, -0.15) is 5.10 Å². The first-order valence-corrected chi connectivity index (χ1v) is 14.5. The fraction of sp³-hybridized carbons (Fsp3) is 0.433. The van der Waals surface area contributed by atoms with E-state index in [1.54, 1.807) is 11.1 Å². The molecule has 5 rings (SSSR count). The van der Waals surface area contributed by atoms with Crippen molar-refractivity contribution >= 4 is 40.9 Å². The molecule has 0 spiro atoms. The lowest BCUT2D eigenvalue weighted by Gasteiger charge is -2.37. The number of halogens is 2. The van der Waals surface area contributed by atoms with Gasteiger partial charge in [-0.3, -0.25) is 4.79 Å². The Kier molecular flexibility index (Phi) is 8.29. The number of nitrogens with zero attached hydrogens (tertiary/aromatic N) is 5. The SMILES string of the molecule is CC(C)(C)OC(=O)N1CCC(c2c(C(=O)N3CCN(c4ccc(Cl)cc4)CC3)cnn2-c2ccccc2Cl)CC1. The van der Waals surface area contributed by atoms with Crippen LogP contribution in [0.5, 0.6) is 0 Å². The van der Waals surface area contributed by atoms with Crippen molar-refractivity contribution in [2.45, 2.75) is 45.1 Å². The van der Waals surface area contributed by atoms with Crippen molar-refractivity contribution in [2.24, 2.45) is 0 Å². The predicted octanol–water partition coefficient (Wildman–Crippen LogP) is 6.26. The van der Waals surface area contributed by atoms with Gasteiger partial charge in [0.1, 0.15) is 5.60 Å². The summed E-state index contributed by atoms with van der Waals surface area (Å²) in [5, 5.41) is 5.94. The first-order valence-electron chi connectivity index (χ1n) is 13.7. The van der Waals surface area contributed by atoms with Crippen LogP contribution < -0.4 is 4.90 Å². The minimum absolute atomic E-state index is 0.0290. The molecule has 0 radical (unpaired) electrons. The maximum Gasteiger partial charge on any atom is 0.410 e. The third-order valence-electron chi connectivity index (χ3n) is 7.41. The highest BCUT2D eigenvalue weighted by molar-refractivity contribution is 6.32. The smallest absolute Gasteiger partial charge is 0.410 e. The highest BCUT2D eigenvalue weighted by Gasteiger charge is 2.34. The number of amides is 2. The highest BCUT2D eigenvalue weighted by atomic mass is 35.5. The Labute approximate surface area is 245 Å². The number of piperazine rings is 1. The summed E-state index contributed by atoms with van der Waals surface area (Å²) in [7, 11) is 0. The number of hydrogen-bond donors (Lipinski definition) is 0. The molecule has 0 bridgehead atoms. The zero-order chi connectivity index (χ0) is 28.4. The Morgan fingerprint density at radius 3 is 2.15 bits per heavy atom. The van der Waals surface area contributed by atoms with Crippen LogP contribution in [-0.4, -0.2) is 76.5 Å². The molecule has 212 valence electrons. The molecule has 8 nitrogen and oxygen atoms in total. The molecule has 2 aromatic carbocycles. The van der Waals surface area contributed by atoms with Gasteiger partial charge in [-0.1, -0.05) is 35.3 Å². The molecule has 3 aromatic rings. The van der Waals surface area contributed by atoms with E-state index >= 15 is 0 Å². The van der Waals surface area contributed by atoms with Gasteiger partial charge in [0, 0.05) is 55.9 Å². The lowest BCUT2D eigenvalue weighted by molar-refractivity contribution is 0.0203. The van der Waals surface area contributed by atoms with Crippen LogP contribution in [0, 0.1) is 0 Å². The first kappa shape index (κ1) is 28.3. The van der Waals surface area contributed by atoms with Crippen LogP contribution in [0.4, 0.5) is 10.5 Å². The van der Waals surface area contributed by atoms with Gasteiger partial charge < -0.3 is 19.4 Å². The number of ether oxygens (including phenoxy) is 1. The van der Waals surface area contributed by atoms with Crippen LogP contribution in [-0.2, 0) is 4.74 Å². The summed E-state index contributed by atoms with van der Waals surface area (Å²) in [5.74, 6) is 0.00500. The Hall–Kier alpha value is -3.23. The highest BCUT2D eigenvalue weighted by Crippen LogP contribution is 2.35. The van der Waals surface area contributed by atoms with Gasteiger partial charge in [0.15, 0.2) is 0 Å². The molecule has 1 aromatic heterocycles. The molecule has 2 saturated heterocycles. The minimum atomic E-state index is -0.548. The van der Waals surface area contributed by atoms with E-state index in [1.165, 1.54) is 0 Å². The number of benzene rings is 2. The van der Waals surface area contributed by atoms with Gasteiger partial charge in [0.25, 0.3) is 5.91 Å². The number of hydrogen-bond acceptors (Lipinski definition) is 5. The molecule has 40 heavy (non-hydrogen) atoms. The third-order valence-corrected chi connectivity index (χ3v) is 7.98. The molecule has 10 heteroatoms. The van der Waals surface area contributed by atoms with Gasteiger partial charge in [-0.15, -0.1) is 0 Å². The Bertz CT molecular complexity index is 1350. The van der Waals surface area contributed by atoms with Crippen LogP contribution in [0.2, 0.25) is 10.0 Å². The van der Waals surface area contributed by atoms with Crippen molar-refractivity contribution in [3.05, 3.63) is 76.0 Å². The number of anilines is 1. The van der Waals surface area contributed by atoms with E-state index in [-0.39, 0.29) is 17.9 Å². The zero-order valence-corrected chi connectivity index (χ0v) is 24.7. The summed E-state index contributed by atoms with van der Waals surface area (Å²) < 4.78 is 7.39. The third kappa shape index (κ3) is 6.23. The van der Waals surface area contributed by atoms with Crippen molar-refractivity contribution in [3.8, 4) is 5.69 Å². The van der Waals surface area contributed by atoms with Crippen molar-refractivity contribution in [2.75, 3.05) is 44.2 Å². The summed E-state index contributed by atoms with van der Waals surface area (Å²) in [6.45, 7) is 9.37. The van der Waals surface area contributed by atoms with E-state index in [0.29, 0.717) is 54.6 Å². The van der Waals surface area contributed by atoms with Crippen molar-refractivity contribution in [1.29, 1.82) is 0 Å². The van der Waals surface area contributed by atoms with Gasteiger partial charge >= 0.3 is 6.09 Å². The number of piperidine rings is 1. The number of aromatic nitrogens is 2. The number of likely N-dealkylation sites (tertiary alicyclic amines) is 1. The lowest BCUT2D eigenvalue weighted by atomic mass is 9.90. The largest absolute Gasteiger partial charge is 0.444 e. The predicted molar refractivity (Wildman–Crippen MR) is 158 cm³/mol. The van der Waals surface area contributed by atoms with Crippen molar-refractivity contribution in [3.63, 3.8) is 0 Å².